The van der Waals surface area contributed by atoms with Crippen LogP contribution in [0.4, 0.5) is 0 Å². The summed E-state index contributed by atoms with van der Waals surface area (Å²) in [5.41, 5.74) is 1.72. The molecular weight excluding hydrogens is 208 g/mol. The molecule has 1 rings (SSSR count). The van der Waals surface area contributed by atoms with Crippen LogP contribution in [0.5, 0.6) is 0 Å². The number of hydrogen-bond acceptors (Lipinski definition) is 2. The van der Waals surface area contributed by atoms with Crippen molar-refractivity contribution in [1.82, 2.24) is 9.97 Å². The minimum atomic E-state index is -0.0345. The Hall–Kier alpha value is -0.900. The molecule has 0 aliphatic heterocycles. The van der Waals surface area contributed by atoms with Gasteiger partial charge in [-0.2, -0.15) is 0 Å². The maximum Gasteiger partial charge on any atom is 0.255 e. The molecule has 0 bridgehead atoms. The number of aromatic amines is 2. The summed E-state index contributed by atoms with van der Waals surface area (Å²) in [7, 11) is 0. The molecule has 0 saturated heterocycles. The van der Waals surface area contributed by atoms with E-state index in [4.69, 9.17) is 12.2 Å². The van der Waals surface area contributed by atoms with Crippen LogP contribution in [0.15, 0.2) is 4.79 Å². The Labute approximate surface area is 94.9 Å². The standard InChI is InChI=1S/C11H18N2OS/c1-3-4-5-6-7-9-8(2)12-11(15)13-10(9)14/h3-7H2,1-2H3,(H2,12,13,14,15). The molecule has 1 heterocycles. The molecule has 0 spiro atoms. The van der Waals surface area contributed by atoms with Gasteiger partial charge in [0.15, 0.2) is 4.77 Å². The largest absolute Gasteiger partial charge is 0.336 e. The van der Waals surface area contributed by atoms with Gasteiger partial charge in [0.1, 0.15) is 0 Å². The molecule has 0 unspecified atom stereocenters. The van der Waals surface area contributed by atoms with Crippen LogP contribution in [-0.4, -0.2) is 9.97 Å². The van der Waals surface area contributed by atoms with Gasteiger partial charge in [-0.3, -0.25) is 9.78 Å². The van der Waals surface area contributed by atoms with Crippen LogP contribution in [-0.2, 0) is 6.42 Å². The lowest BCUT2D eigenvalue weighted by Gasteiger charge is -2.03. The number of rotatable bonds is 5. The van der Waals surface area contributed by atoms with E-state index in [-0.39, 0.29) is 5.56 Å². The molecule has 0 fully saturated rings. The quantitative estimate of drug-likeness (QED) is 0.599. The molecule has 0 atom stereocenters. The van der Waals surface area contributed by atoms with Crippen LogP contribution >= 0.6 is 12.2 Å². The van der Waals surface area contributed by atoms with Gasteiger partial charge in [-0.15, -0.1) is 0 Å². The average molecular weight is 226 g/mol. The van der Waals surface area contributed by atoms with E-state index < -0.39 is 0 Å². The number of H-pyrrole nitrogens is 2. The first-order chi connectivity index (χ1) is 7.15. The van der Waals surface area contributed by atoms with Gasteiger partial charge < -0.3 is 4.98 Å². The third-order valence-corrected chi connectivity index (χ3v) is 2.74. The van der Waals surface area contributed by atoms with E-state index in [0.29, 0.717) is 4.77 Å². The lowest BCUT2D eigenvalue weighted by Crippen LogP contribution is -2.16. The molecule has 84 valence electrons. The normalized spacial score (nSPS) is 10.5. The minimum Gasteiger partial charge on any atom is -0.336 e. The highest BCUT2D eigenvalue weighted by Crippen LogP contribution is 2.06. The molecular formula is C11H18N2OS. The van der Waals surface area contributed by atoms with Gasteiger partial charge in [0, 0.05) is 11.3 Å². The van der Waals surface area contributed by atoms with Crippen LogP contribution in [0, 0.1) is 11.7 Å². The molecule has 2 N–H and O–H groups in total. The summed E-state index contributed by atoms with van der Waals surface area (Å²) < 4.78 is 0.412. The van der Waals surface area contributed by atoms with Gasteiger partial charge in [-0.05, 0) is 32.0 Å². The highest BCUT2D eigenvalue weighted by atomic mass is 32.1. The monoisotopic (exact) mass is 226 g/mol. The average Bonchev–Trinajstić information content (AvgIpc) is 2.15. The topological polar surface area (TPSA) is 48.6 Å². The smallest absolute Gasteiger partial charge is 0.255 e. The van der Waals surface area contributed by atoms with Crippen molar-refractivity contribution in [2.45, 2.75) is 46.0 Å². The number of aromatic nitrogens is 2. The van der Waals surface area contributed by atoms with Crippen LogP contribution in [0.1, 0.15) is 43.9 Å². The minimum absolute atomic E-state index is 0.0345. The Morgan fingerprint density at radius 1 is 1.20 bits per heavy atom. The zero-order valence-corrected chi connectivity index (χ0v) is 10.2. The second-order valence-electron chi connectivity index (χ2n) is 3.82. The maximum absolute atomic E-state index is 11.6. The number of unbranched alkanes of at least 4 members (excludes halogenated alkanes) is 3. The van der Waals surface area contributed by atoms with E-state index in [9.17, 15) is 4.79 Å². The summed E-state index contributed by atoms with van der Waals surface area (Å²) in [5.74, 6) is 0. The van der Waals surface area contributed by atoms with E-state index in [1.807, 2.05) is 6.92 Å². The molecule has 0 aliphatic rings. The SMILES string of the molecule is CCCCCCc1c(C)[nH]c(=S)[nH]c1=O. The van der Waals surface area contributed by atoms with Crippen molar-refractivity contribution in [2.75, 3.05) is 0 Å². The molecule has 0 aliphatic carbocycles. The van der Waals surface area contributed by atoms with Crippen molar-refractivity contribution in [2.24, 2.45) is 0 Å². The third kappa shape index (κ3) is 3.63. The summed E-state index contributed by atoms with van der Waals surface area (Å²) in [6, 6.07) is 0. The number of hydrogen-bond donors (Lipinski definition) is 2. The number of nitrogens with one attached hydrogen (secondary N) is 2. The highest BCUT2D eigenvalue weighted by Gasteiger charge is 2.03. The first-order valence-electron chi connectivity index (χ1n) is 5.47. The predicted octanol–water partition coefficient (Wildman–Crippen LogP) is 2.86. The van der Waals surface area contributed by atoms with Gasteiger partial charge in [0.05, 0.1) is 0 Å². The summed E-state index contributed by atoms with van der Waals surface area (Å²) in [6.07, 6.45) is 5.55. The summed E-state index contributed by atoms with van der Waals surface area (Å²) in [6.45, 7) is 4.08. The zero-order valence-electron chi connectivity index (χ0n) is 9.35. The van der Waals surface area contributed by atoms with E-state index in [0.717, 1.165) is 24.1 Å². The van der Waals surface area contributed by atoms with Crippen molar-refractivity contribution in [3.63, 3.8) is 0 Å². The fourth-order valence-corrected chi connectivity index (χ4v) is 1.90. The first-order valence-corrected chi connectivity index (χ1v) is 5.88. The van der Waals surface area contributed by atoms with Crippen molar-refractivity contribution in [3.05, 3.63) is 26.4 Å². The van der Waals surface area contributed by atoms with Gasteiger partial charge >= 0.3 is 0 Å². The molecule has 0 aromatic carbocycles. The van der Waals surface area contributed by atoms with Crippen molar-refractivity contribution < 1.29 is 0 Å². The van der Waals surface area contributed by atoms with E-state index in [1.165, 1.54) is 19.3 Å². The van der Waals surface area contributed by atoms with E-state index >= 15 is 0 Å². The van der Waals surface area contributed by atoms with Crippen LogP contribution in [0.2, 0.25) is 0 Å². The van der Waals surface area contributed by atoms with E-state index in [2.05, 4.69) is 16.9 Å². The van der Waals surface area contributed by atoms with Gasteiger partial charge in [0.2, 0.25) is 0 Å². The fourth-order valence-electron chi connectivity index (χ4n) is 1.66. The molecule has 0 radical (unpaired) electrons. The zero-order chi connectivity index (χ0) is 11.3. The predicted molar refractivity (Wildman–Crippen MR) is 64.8 cm³/mol. The molecule has 1 aromatic heterocycles. The molecule has 0 amide bonds. The lowest BCUT2D eigenvalue weighted by molar-refractivity contribution is 0.660. The summed E-state index contributed by atoms with van der Waals surface area (Å²) >= 11 is 4.89. The van der Waals surface area contributed by atoms with Gasteiger partial charge in [-0.25, -0.2) is 0 Å². The molecule has 4 heteroatoms. The second-order valence-corrected chi connectivity index (χ2v) is 4.23. The van der Waals surface area contributed by atoms with Crippen molar-refractivity contribution in [3.8, 4) is 0 Å². The summed E-state index contributed by atoms with van der Waals surface area (Å²) in [4.78, 5) is 17.2. The Balaban J connectivity index is 2.69. The molecule has 15 heavy (non-hydrogen) atoms. The molecule has 1 aromatic rings. The Morgan fingerprint density at radius 3 is 2.53 bits per heavy atom. The molecule has 3 nitrogen and oxygen atoms in total. The Kier molecular flexibility index (Phi) is 4.75. The van der Waals surface area contributed by atoms with Crippen LogP contribution < -0.4 is 5.56 Å². The fraction of sp³-hybridized carbons (Fsp3) is 0.636. The maximum atomic E-state index is 11.6. The van der Waals surface area contributed by atoms with Gasteiger partial charge in [0.25, 0.3) is 5.56 Å². The third-order valence-electron chi connectivity index (χ3n) is 2.54. The number of aryl methyl sites for hydroxylation is 1. The molecule has 0 saturated carbocycles. The second kappa shape index (κ2) is 5.85. The first kappa shape index (κ1) is 12.2. The van der Waals surface area contributed by atoms with Crippen LogP contribution in [0.3, 0.4) is 0 Å². The summed E-state index contributed by atoms with van der Waals surface area (Å²) in [5, 5.41) is 0. The Morgan fingerprint density at radius 2 is 1.93 bits per heavy atom. The van der Waals surface area contributed by atoms with Gasteiger partial charge in [-0.1, -0.05) is 26.2 Å². The highest BCUT2D eigenvalue weighted by molar-refractivity contribution is 7.71. The van der Waals surface area contributed by atoms with Crippen molar-refractivity contribution in [1.29, 1.82) is 0 Å². The Bertz CT molecular complexity index is 419. The van der Waals surface area contributed by atoms with Crippen molar-refractivity contribution >= 4 is 12.2 Å². The van der Waals surface area contributed by atoms with E-state index in [1.54, 1.807) is 0 Å². The lowest BCUT2D eigenvalue weighted by atomic mass is 10.1. The van der Waals surface area contributed by atoms with Crippen LogP contribution in [0.25, 0.3) is 0 Å².